The van der Waals surface area contributed by atoms with Gasteiger partial charge < -0.3 is 5.32 Å². The Morgan fingerprint density at radius 3 is 3.09 bits per heavy atom. The largest absolute Gasteiger partial charge is 0.318 e. The highest BCUT2D eigenvalue weighted by Gasteiger charge is 2.37. The number of likely N-dealkylation sites (tertiary alicyclic amines) is 1. The summed E-state index contributed by atoms with van der Waals surface area (Å²) in [5.74, 6) is 1.38. The minimum absolute atomic E-state index is 0.915. The van der Waals surface area contributed by atoms with Gasteiger partial charge in [0.2, 0.25) is 0 Å². The molecule has 2 nitrogen and oxygen atoms in total. The molecule has 0 aromatic carbocycles. The SMILES string of the molecule is CNCCN1CC2CC1CS2. The molecule has 2 fully saturated rings. The van der Waals surface area contributed by atoms with Gasteiger partial charge in [0.15, 0.2) is 0 Å². The van der Waals surface area contributed by atoms with Gasteiger partial charge in [-0.05, 0) is 13.5 Å². The second-order valence-corrected chi connectivity index (χ2v) is 4.78. The van der Waals surface area contributed by atoms with Crippen molar-refractivity contribution in [1.82, 2.24) is 10.2 Å². The fourth-order valence-electron chi connectivity index (χ4n) is 2.01. The van der Waals surface area contributed by atoms with Gasteiger partial charge >= 0.3 is 0 Å². The lowest BCUT2D eigenvalue weighted by molar-refractivity contribution is 0.271. The summed E-state index contributed by atoms with van der Waals surface area (Å²) < 4.78 is 0. The molecule has 0 aromatic rings. The maximum absolute atomic E-state index is 3.21. The van der Waals surface area contributed by atoms with Crippen LogP contribution in [0.25, 0.3) is 0 Å². The van der Waals surface area contributed by atoms with Crippen LogP contribution >= 0.6 is 11.8 Å². The maximum Gasteiger partial charge on any atom is 0.0198 e. The third-order valence-electron chi connectivity index (χ3n) is 2.66. The van der Waals surface area contributed by atoms with Crippen molar-refractivity contribution >= 4 is 11.8 Å². The number of rotatable bonds is 3. The molecule has 0 amide bonds. The van der Waals surface area contributed by atoms with Gasteiger partial charge in [-0.25, -0.2) is 0 Å². The summed E-state index contributed by atoms with van der Waals surface area (Å²) in [6, 6.07) is 0.915. The zero-order valence-corrected chi connectivity index (χ0v) is 7.86. The molecule has 0 saturated carbocycles. The van der Waals surface area contributed by atoms with E-state index in [9.17, 15) is 0 Å². The first-order chi connectivity index (χ1) is 5.40. The number of fused-ring (bicyclic) bond motifs is 2. The van der Waals surface area contributed by atoms with E-state index < -0.39 is 0 Å². The summed E-state index contributed by atoms with van der Waals surface area (Å²) >= 11 is 2.17. The van der Waals surface area contributed by atoms with Crippen molar-refractivity contribution in [3.8, 4) is 0 Å². The molecule has 2 aliphatic rings. The average Bonchev–Trinajstić information content (AvgIpc) is 2.60. The van der Waals surface area contributed by atoms with E-state index in [0.29, 0.717) is 0 Å². The van der Waals surface area contributed by atoms with E-state index in [1.807, 2.05) is 7.05 Å². The third-order valence-corrected chi connectivity index (χ3v) is 4.05. The Kier molecular flexibility index (Phi) is 2.39. The zero-order chi connectivity index (χ0) is 7.68. The normalized spacial score (nSPS) is 36.8. The quantitative estimate of drug-likeness (QED) is 0.663. The molecule has 2 heterocycles. The summed E-state index contributed by atoms with van der Waals surface area (Å²) in [6.07, 6.45) is 1.45. The van der Waals surface area contributed by atoms with Crippen molar-refractivity contribution in [3.63, 3.8) is 0 Å². The van der Waals surface area contributed by atoms with Crippen molar-refractivity contribution in [2.75, 3.05) is 32.4 Å². The minimum atomic E-state index is 0.915. The van der Waals surface area contributed by atoms with E-state index >= 15 is 0 Å². The van der Waals surface area contributed by atoms with Gasteiger partial charge in [-0.2, -0.15) is 11.8 Å². The van der Waals surface area contributed by atoms with Crippen molar-refractivity contribution < 1.29 is 0 Å². The molecule has 2 aliphatic heterocycles. The molecule has 2 bridgehead atoms. The molecule has 2 unspecified atom stereocenters. The Morgan fingerprint density at radius 1 is 1.64 bits per heavy atom. The fourth-order valence-corrected chi connectivity index (χ4v) is 3.50. The van der Waals surface area contributed by atoms with E-state index in [-0.39, 0.29) is 0 Å². The molecule has 11 heavy (non-hydrogen) atoms. The van der Waals surface area contributed by atoms with E-state index in [1.165, 1.54) is 25.3 Å². The highest BCUT2D eigenvalue weighted by atomic mass is 32.2. The van der Waals surface area contributed by atoms with Gasteiger partial charge in [0, 0.05) is 36.7 Å². The lowest BCUT2D eigenvalue weighted by Gasteiger charge is -2.25. The molecule has 3 heteroatoms. The van der Waals surface area contributed by atoms with Crippen LogP contribution in [0, 0.1) is 0 Å². The zero-order valence-electron chi connectivity index (χ0n) is 7.05. The van der Waals surface area contributed by atoms with E-state index in [2.05, 4.69) is 22.0 Å². The summed E-state index contributed by atoms with van der Waals surface area (Å²) in [7, 11) is 2.03. The average molecular weight is 172 g/mol. The molecule has 0 spiro atoms. The first-order valence-corrected chi connectivity index (χ1v) is 5.45. The molecular formula is C8H16N2S. The standard InChI is InChI=1S/C8H16N2S/c1-9-2-3-10-5-8-4-7(10)6-11-8/h7-9H,2-6H2,1H3. The molecule has 1 N–H and O–H groups in total. The van der Waals surface area contributed by atoms with Gasteiger partial charge in [-0.3, -0.25) is 4.90 Å². The van der Waals surface area contributed by atoms with Crippen LogP contribution < -0.4 is 5.32 Å². The topological polar surface area (TPSA) is 15.3 Å². The highest BCUT2D eigenvalue weighted by Crippen LogP contribution is 2.36. The number of likely N-dealkylation sites (N-methyl/N-ethyl adjacent to an activating group) is 1. The number of nitrogens with one attached hydrogen (secondary N) is 1. The predicted molar refractivity (Wildman–Crippen MR) is 50.2 cm³/mol. The van der Waals surface area contributed by atoms with Crippen molar-refractivity contribution in [1.29, 1.82) is 0 Å². The molecule has 0 aliphatic carbocycles. The molecule has 2 saturated heterocycles. The first kappa shape index (κ1) is 7.90. The van der Waals surface area contributed by atoms with Crippen LogP contribution in [-0.2, 0) is 0 Å². The highest BCUT2D eigenvalue weighted by molar-refractivity contribution is 8.00. The Labute approximate surface area is 72.7 Å². The molecular weight excluding hydrogens is 156 g/mol. The van der Waals surface area contributed by atoms with Crippen molar-refractivity contribution in [2.45, 2.75) is 17.7 Å². The van der Waals surface area contributed by atoms with Gasteiger partial charge in [0.05, 0.1) is 0 Å². The molecule has 64 valence electrons. The molecule has 2 atom stereocenters. The van der Waals surface area contributed by atoms with Crippen LogP contribution in [0.3, 0.4) is 0 Å². The van der Waals surface area contributed by atoms with Crippen molar-refractivity contribution in [3.05, 3.63) is 0 Å². The summed E-state index contributed by atoms with van der Waals surface area (Å²) in [6.45, 7) is 3.74. The molecule has 0 aromatic heterocycles. The van der Waals surface area contributed by atoms with Gasteiger partial charge in [0.1, 0.15) is 0 Å². The lowest BCUT2D eigenvalue weighted by Crippen LogP contribution is -2.38. The number of nitrogens with zero attached hydrogens (tertiary/aromatic N) is 1. The van der Waals surface area contributed by atoms with Crippen LogP contribution in [-0.4, -0.2) is 48.6 Å². The fraction of sp³-hybridized carbons (Fsp3) is 1.00. The van der Waals surface area contributed by atoms with E-state index in [4.69, 9.17) is 0 Å². The van der Waals surface area contributed by atoms with Gasteiger partial charge in [-0.15, -0.1) is 0 Å². The number of hydrogen-bond donors (Lipinski definition) is 1. The Balaban J connectivity index is 1.78. The van der Waals surface area contributed by atoms with Crippen LogP contribution in [0.5, 0.6) is 0 Å². The van der Waals surface area contributed by atoms with Crippen LogP contribution in [0.2, 0.25) is 0 Å². The maximum atomic E-state index is 3.21. The Hall–Kier alpha value is 0.270. The van der Waals surface area contributed by atoms with E-state index in [0.717, 1.165) is 17.8 Å². The second-order valence-electron chi connectivity index (χ2n) is 3.44. The summed E-state index contributed by atoms with van der Waals surface area (Å²) in [5.41, 5.74) is 0. The number of thioether (sulfide) groups is 1. The smallest absolute Gasteiger partial charge is 0.0198 e. The van der Waals surface area contributed by atoms with Crippen LogP contribution in [0.1, 0.15) is 6.42 Å². The third kappa shape index (κ3) is 1.55. The van der Waals surface area contributed by atoms with Crippen LogP contribution in [0.15, 0.2) is 0 Å². The molecule has 0 radical (unpaired) electrons. The molecule has 2 rings (SSSR count). The number of hydrogen-bond acceptors (Lipinski definition) is 3. The van der Waals surface area contributed by atoms with Crippen LogP contribution in [0.4, 0.5) is 0 Å². The predicted octanol–water partition coefficient (Wildman–Crippen LogP) is 0.395. The van der Waals surface area contributed by atoms with Gasteiger partial charge in [0.25, 0.3) is 0 Å². The summed E-state index contributed by atoms with van der Waals surface area (Å²) in [5, 5.41) is 4.17. The second kappa shape index (κ2) is 3.33. The van der Waals surface area contributed by atoms with Crippen molar-refractivity contribution in [2.24, 2.45) is 0 Å². The minimum Gasteiger partial charge on any atom is -0.318 e. The Bertz CT molecular complexity index is 140. The monoisotopic (exact) mass is 172 g/mol. The van der Waals surface area contributed by atoms with Gasteiger partial charge in [-0.1, -0.05) is 0 Å². The summed E-state index contributed by atoms with van der Waals surface area (Å²) in [4.78, 5) is 2.64. The first-order valence-electron chi connectivity index (χ1n) is 4.40. The Morgan fingerprint density at radius 2 is 2.55 bits per heavy atom. The van der Waals surface area contributed by atoms with E-state index in [1.54, 1.807) is 0 Å². The lowest BCUT2D eigenvalue weighted by atomic mass is 10.2.